The van der Waals surface area contributed by atoms with Crippen LogP contribution in [0.3, 0.4) is 0 Å². The van der Waals surface area contributed by atoms with Crippen LogP contribution in [0.25, 0.3) is 0 Å². The molecule has 7 nitrogen and oxygen atoms in total. The molecule has 1 aromatic carbocycles. The van der Waals surface area contributed by atoms with Crippen LogP contribution in [0.1, 0.15) is 30.9 Å². The second-order valence-electron chi connectivity index (χ2n) is 5.75. The average Bonchev–Trinajstić information content (AvgIpc) is 2.86. The van der Waals surface area contributed by atoms with E-state index < -0.39 is 16.2 Å². The van der Waals surface area contributed by atoms with Crippen molar-refractivity contribution in [3.63, 3.8) is 0 Å². The largest absolute Gasteiger partial charge is 0.388 e. The minimum absolute atomic E-state index is 0.0454. The van der Waals surface area contributed by atoms with E-state index in [4.69, 9.17) is 4.55 Å². The van der Waals surface area contributed by atoms with Gasteiger partial charge in [0.05, 0.1) is 11.0 Å². The lowest BCUT2D eigenvalue weighted by atomic mass is 9.98. The first-order valence-electron chi connectivity index (χ1n) is 7.18. The standard InChI is InChI=1S/C14H18N2O5S/c17-13-5-6-16(8-9-1-4-14(18)15-9)12-3-2-10(7-11(12)13)22(19,20)21/h2-3,7,9,13,17H,1,4-6,8H2,(H,15,18)(H,19,20,21). The molecule has 0 aromatic heterocycles. The number of nitrogens with one attached hydrogen (secondary N) is 1. The highest BCUT2D eigenvalue weighted by Gasteiger charge is 2.29. The summed E-state index contributed by atoms with van der Waals surface area (Å²) >= 11 is 0. The topological polar surface area (TPSA) is 107 Å². The molecule has 1 aromatic rings. The average molecular weight is 326 g/mol. The van der Waals surface area contributed by atoms with Crippen LogP contribution in [0, 0.1) is 0 Å². The van der Waals surface area contributed by atoms with Crippen molar-refractivity contribution < 1.29 is 22.9 Å². The Labute approximate surface area is 128 Å². The molecule has 2 aliphatic rings. The summed E-state index contributed by atoms with van der Waals surface area (Å²) in [7, 11) is -4.29. The highest BCUT2D eigenvalue weighted by Crippen LogP contribution is 2.35. The van der Waals surface area contributed by atoms with Crippen LogP contribution in [-0.2, 0) is 14.9 Å². The zero-order chi connectivity index (χ0) is 15.9. The van der Waals surface area contributed by atoms with Crippen LogP contribution in [0.4, 0.5) is 5.69 Å². The fourth-order valence-electron chi connectivity index (χ4n) is 3.07. The molecular weight excluding hydrogens is 308 g/mol. The third kappa shape index (κ3) is 2.94. The van der Waals surface area contributed by atoms with Crippen molar-refractivity contribution in [3.8, 4) is 0 Å². The van der Waals surface area contributed by atoms with Gasteiger partial charge in [0.1, 0.15) is 0 Å². The molecule has 1 saturated heterocycles. The summed E-state index contributed by atoms with van der Waals surface area (Å²) in [6.45, 7) is 1.25. The summed E-state index contributed by atoms with van der Waals surface area (Å²) in [4.78, 5) is 13.1. The number of benzene rings is 1. The maximum Gasteiger partial charge on any atom is 0.294 e. The number of amides is 1. The molecule has 0 aliphatic carbocycles. The number of fused-ring (bicyclic) bond motifs is 1. The van der Waals surface area contributed by atoms with Crippen LogP contribution in [0.15, 0.2) is 23.1 Å². The summed E-state index contributed by atoms with van der Waals surface area (Å²) < 4.78 is 31.6. The van der Waals surface area contributed by atoms with E-state index in [2.05, 4.69) is 5.32 Å². The molecule has 2 atom stereocenters. The summed E-state index contributed by atoms with van der Waals surface area (Å²) in [6.07, 6.45) is 1.01. The highest BCUT2D eigenvalue weighted by atomic mass is 32.2. The lowest BCUT2D eigenvalue weighted by molar-refractivity contribution is -0.119. The number of rotatable bonds is 3. The van der Waals surface area contributed by atoms with Gasteiger partial charge in [-0.1, -0.05) is 0 Å². The second kappa shape index (κ2) is 5.53. The van der Waals surface area contributed by atoms with E-state index in [0.29, 0.717) is 31.5 Å². The lowest BCUT2D eigenvalue weighted by Gasteiger charge is -2.35. The van der Waals surface area contributed by atoms with E-state index in [1.54, 1.807) is 6.07 Å². The molecule has 3 N–H and O–H groups in total. The molecule has 3 rings (SSSR count). The highest BCUT2D eigenvalue weighted by molar-refractivity contribution is 7.85. The predicted octanol–water partition coefficient (Wildman–Crippen LogP) is 0.455. The summed E-state index contributed by atoms with van der Waals surface area (Å²) in [5.74, 6) is 0.0454. The SMILES string of the molecule is O=C1CCC(CN2CCC(O)c3cc(S(=O)(=O)O)ccc32)N1. The Balaban J connectivity index is 1.88. The van der Waals surface area contributed by atoms with Crippen LogP contribution in [0.5, 0.6) is 0 Å². The van der Waals surface area contributed by atoms with E-state index in [9.17, 15) is 18.3 Å². The van der Waals surface area contributed by atoms with Gasteiger partial charge in [0, 0.05) is 36.8 Å². The number of carbonyl (C=O) groups excluding carboxylic acids is 1. The third-order valence-corrected chi connectivity index (χ3v) is 5.04. The fourth-order valence-corrected chi connectivity index (χ4v) is 3.59. The van der Waals surface area contributed by atoms with Crippen LogP contribution >= 0.6 is 0 Å². The summed E-state index contributed by atoms with van der Waals surface area (Å²) in [5.41, 5.74) is 1.23. The molecule has 2 heterocycles. The molecule has 120 valence electrons. The number of hydrogen-bond donors (Lipinski definition) is 3. The molecule has 2 unspecified atom stereocenters. The number of hydrogen-bond acceptors (Lipinski definition) is 5. The number of anilines is 1. The minimum atomic E-state index is -4.29. The van der Waals surface area contributed by atoms with Gasteiger partial charge in [0.25, 0.3) is 10.1 Å². The first kappa shape index (κ1) is 15.3. The van der Waals surface area contributed by atoms with Crippen molar-refractivity contribution in [1.29, 1.82) is 0 Å². The Kier molecular flexibility index (Phi) is 3.84. The van der Waals surface area contributed by atoms with Gasteiger partial charge in [-0.2, -0.15) is 8.42 Å². The Morgan fingerprint density at radius 1 is 1.32 bits per heavy atom. The van der Waals surface area contributed by atoms with Crippen molar-refractivity contribution >= 4 is 21.7 Å². The Bertz CT molecular complexity index is 703. The lowest BCUT2D eigenvalue weighted by Crippen LogP contribution is -2.41. The van der Waals surface area contributed by atoms with Crippen molar-refractivity contribution in [2.75, 3.05) is 18.0 Å². The minimum Gasteiger partial charge on any atom is -0.388 e. The Morgan fingerprint density at radius 2 is 2.09 bits per heavy atom. The first-order chi connectivity index (χ1) is 10.3. The maximum absolute atomic E-state index is 11.3. The van der Waals surface area contributed by atoms with Crippen LogP contribution in [-0.4, -0.2) is 43.1 Å². The van der Waals surface area contributed by atoms with Gasteiger partial charge in [0.2, 0.25) is 5.91 Å². The molecule has 22 heavy (non-hydrogen) atoms. The molecule has 1 fully saturated rings. The fraction of sp³-hybridized carbons (Fsp3) is 0.500. The monoisotopic (exact) mass is 326 g/mol. The van der Waals surface area contributed by atoms with Gasteiger partial charge in [-0.15, -0.1) is 0 Å². The Morgan fingerprint density at radius 3 is 2.73 bits per heavy atom. The first-order valence-corrected chi connectivity index (χ1v) is 8.62. The molecule has 8 heteroatoms. The zero-order valence-electron chi connectivity index (χ0n) is 11.9. The molecule has 0 spiro atoms. The van der Waals surface area contributed by atoms with E-state index in [-0.39, 0.29) is 16.8 Å². The second-order valence-corrected chi connectivity index (χ2v) is 7.17. The molecule has 1 amide bonds. The number of carbonyl (C=O) groups is 1. The number of nitrogens with zero attached hydrogens (tertiary/aromatic N) is 1. The van der Waals surface area contributed by atoms with Gasteiger partial charge in [-0.3, -0.25) is 9.35 Å². The van der Waals surface area contributed by atoms with E-state index >= 15 is 0 Å². The van der Waals surface area contributed by atoms with Crippen molar-refractivity contribution in [2.24, 2.45) is 0 Å². The number of aliphatic hydroxyl groups excluding tert-OH is 1. The molecule has 0 bridgehead atoms. The van der Waals surface area contributed by atoms with Gasteiger partial charge in [0.15, 0.2) is 0 Å². The molecule has 2 aliphatic heterocycles. The van der Waals surface area contributed by atoms with Gasteiger partial charge in [-0.25, -0.2) is 0 Å². The van der Waals surface area contributed by atoms with Gasteiger partial charge < -0.3 is 15.3 Å². The summed E-state index contributed by atoms with van der Waals surface area (Å²) in [6, 6.07) is 4.30. The van der Waals surface area contributed by atoms with E-state index in [1.165, 1.54) is 12.1 Å². The van der Waals surface area contributed by atoms with Crippen LogP contribution in [0.2, 0.25) is 0 Å². The van der Waals surface area contributed by atoms with Crippen molar-refractivity contribution in [1.82, 2.24) is 5.32 Å². The molecule has 0 saturated carbocycles. The van der Waals surface area contributed by atoms with E-state index in [1.807, 2.05) is 4.90 Å². The van der Waals surface area contributed by atoms with E-state index in [0.717, 1.165) is 12.1 Å². The van der Waals surface area contributed by atoms with Crippen LogP contribution < -0.4 is 10.2 Å². The quantitative estimate of drug-likeness (QED) is 0.697. The van der Waals surface area contributed by atoms with Crippen molar-refractivity contribution in [3.05, 3.63) is 23.8 Å². The smallest absolute Gasteiger partial charge is 0.294 e. The van der Waals surface area contributed by atoms with Gasteiger partial charge in [-0.05, 0) is 31.0 Å². The van der Waals surface area contributed by atoms with Crippen molar-refractivity contribution in [2.45, 2.75) is 36.3 Å². The maximum atomic E-state index is 11.3. The normalized spacial score (nSPS) is 25.0. The number of aliphatic hydroxyl groups is 1. The molecule has 0 radical (unpaired) electrons. The Hall–Kier alpha value is -1.64. The summed E-state index contributed by atoms with van der Waals surface area (Å²) in [5, 5.41) is 13.0. The molecular formula is C14H18N2O5S. The zero-order valence-corrected chi connectivity index (χ0v) is 12.7. The van der Waals surface area contributed by atoms with Gasteiger partial charge >= 0.3 is 0 Å². The third-order valence-electron chi connectivity index (χ3n) is 4.19. The predicted molar refractivity (Wildman–Crippen MR) is 79.2 cm³/mol.